The van der Waals surface area contributed by atoms with Crippen LogP contribution in [0.15, 0.2) is 97.1 Å². The number of fused-ring (bicyclic) bond motifs is 8. The summed E-state index contributed by atoms with van der Waals surface area (Å²) in [6, 6.07) is 34.1. The minimum Gasteiger partial charge on any atom is -0.497 e. The van der Waals surface area contributed by atoms with E-state index in [1.165, 1.54) is 38.8 Å². The zero-order valence-corrected chi connectivity index (χ0v) is 23.8. The van der Waals surface area contributed by atoms with Gasteiger partial charge in [-0.1, -0.05) is 98.3 Å². The summed E-state index contributed by atoms with van der Waals surface area (Å²) in [7, 11) is 1.70. The molecule has 0 fully saturated rings. The predicted octanol–water partition coefficient (Wildman–Crippen LogP) is 8.73. The number of nitriles is 1. The van der Waals surface area contributed by atoms with Crippen LogP contribution in [0.25, 0.3) is 28.0 Å². The third kappa shape index (κ3) is 3.64. The third-order valence-corrected chi connectivity index (χ3v) is 9.07. The van der Waals surface area contributed by atoms with E-state index in [-0.39, 0.29) is 5.41 Å². The van der Waals surface area contributed by atoms with Crippen molar-refractivity contribution in [2.24, 2.45) is 0 Å². The molecular formula is C38H31NO2. The standard InChI is InChI=1S/C38H31NO2/c1-24-9-12-26(13-10-24)38(27-14-16-28(40-4)17-15-27)20-19-32-35-34(29-7-5-6-8-30(29)36(32)41-23-38)31-18-11-25(22-39)21-33(31)37(35,2)3/h5-21H,23H2,1-4H3. The zero-order valence-electron chi connectivity index (χ0n) is 23.8. The van der Waals surface area contributed by atoms with Crippen LogP contribution in [0, 0.1) is 18.3 Å². The van der Waals surface area contributed by atoms with E-state index in [1.54, 1.807) is 7.11 Å². The lowest BCUT2D eigenvalue weighted by atomic mass is 9.74. The van der Waals surface area contributed by atoms with Gasteiger partial charge in [0.05, 0.1) is 24.2 Å². The number of hydrogen-bond donors (Lipinski definition) is 0. The van der Waals surface area contributed by atoms with Crippen molar-refractivity contribution >= 4 is 16.8 Å². The van der Waals surface area contributed by atoms with Crippen LogP contribution in [0.3, 0.4) is 0 Å². The Morgan fingerprint density at radius 3 is 2.22 bits per heavy atom. The van der Waals surface area contributed by atoms with E-state index in [9.17, 15) is 5.26 Å². The molecule has 200 valence electrons. The summed E-state index contributed by atoms with van der Waals surface area (Å²) in [5.41, 5.74) is 9.40. The molecule has 41 heavy (non-hydrogen) atoms. The Morgan fingerprint density at radius 2 is 1.54 bits per heavy atom. The molecule has 3 nitrogen and oxygen atoms in total. The highest BCUT2D eigenvalue weighted by molar-refractivity contribution is 6.08. The number of ether oxygens (including phenoxy) is 2. The smallest absolute Gasteiger partial charge is 0.134 e. The Balaban J connectivity index is 1.51. The van der Waals surface area contributed by atoms with Crippen molar-refractivity contribution in [3.8, 4) is 28.7 Å². The molecule has 0 N–H and O–H groups in total. The zero-order chi connectivity index (χ0) is 28.4. The van der Waals surface area contributed by atoms with Crippen LogP contribution in [0.2, 0.25) is 0 Å². The van der Waals surface area contributed by atoms with Crippen LogP contribution in [-0.2, 0) is 10.8 Å². The lowest BCUT2D eigenvalue weighted by Gasteiger charge is -2.31. The van der Waals surface area contributed by atoms with Gasteiger partial charge in [0.15, 0.2) is 0 Å². The molecule has 0 aromatic heterocycles. The number of benzene rings is 5. The molecule has 0 saturated heterocycles. The van der Waals surface area contributed by atoms with Gasteiger partial charge in [0.25, 0.3) is 0 Å². The molecule has 5 aromatic carbocycles. The third-order valence-electron chi connectivity index (χ3n) is 9.07. The monoisotopic (exact) mass is 533 g/mol. The highest BCUT2D eigenvalue weighted by atomic mass is 16.5. The van der Waals surface area contributed by atoms with Crippen molar-refractivity contribution in [2.75, 3.05) is 13.7 Å². The van der Waals surface area contributed by atoms with Gasteiger partial charge < -0.3 is 9.47 Å². The number of methoxy groups -OCH3 is 1. The van der Waals surface area contributed by atoms with Crippen molar-refractivity contribution in [1.82, 2.24) is 0 Å². The summed E-state index contributed by atoms with van der Waals surface area (Å²) in [6.07, 6.45) is 4.62. The highest BCUT2D eigenvalue weighted by Crippen LogP contribution is 2.57. The topological polar surface area (TPSA) is 42.2 Å². The lowest BCUT2D eigenvalue weighted by molar-refractivity contribution is 0.275. The summed E-state index contributed by atoms with van der Waals surface area (Å²) in [5.74, 6) is 1.74. The van der Waals surface area contributed by atoms with Gasteiger partial charge in [-0.15, -0.1) is 0 Å². The number of aryl methyl sites for hydroxylation is 1. The molecule has 0 bridgehead atoms. The molecule has 0 amide bonds. The van der Waals surface area contributed by atoms with Gasteiger partial charge >= 0.3 is 0 Å². The Kier molecular flexibility index (Phi) is 5.60. The van der Waals surface area contributed by atoms with E-state index in [4.69, 9.17) is 9.47 Å². The van der Waals surface area contributed by atoms with Crippen molar-refractivity contribution in [1.29, 1.82) is 5.26 Å². The van der Waals surface area contributed by atoms with E-state index in [1.807, 2.05) is 18.2 Å². The first kappa shape index (κ1) is 25.2. The van der Waals surface area contributed by atoms with E-state index < -0.39 is 5.41 Å². The van der Waals surface area contributed by atoms with Crippen LogP contribution in [0.5, 0.6) is 11.5 Å². The molecule has 0 radical (unpaired) electrons. The first-order valence-electron chi connectivity index (χ1n) is 14.1. The maximum absolute atomic E-state index is 9.69. The van der Waals surface area contributed by atoms with Gasteiger partial charge in [0.2, 0.25) is 0 Å². The number of nitrogens with zero attached hydrogens (tertiary/aromatic N) is 1. The fourth-order valence-corrected chi connectivity index (χ4v) is 6.88. The van der Waals surface area contributed by atoms with Crippen LogP contribution in [0.1, 0.15) is 52.8 Å². The summed E-state index contributed by atoms with van der Waals surface area (Å²) in [5, 5.41) is 12.0. The Bertz CT molecular complexity index is 1910. The Morgan fingerprint density at radius 1 is 0.854 bits per heavy atom. The van der Waals surface area contributed by atoms with Crippen molar-refractivity contribution < 1.29 is 9.47 Å². The summed E-state index contributed by atoms with van der Waals surface area (Å²) < 4.78 is 12.5. The largest absolute Gasteiger partial charge is 0.497 e. The second-order valence-corrected chi connectivity index (χ2v) is 11.7. The molecule has 5 aromatic rings. The van der Waals surface area contributed by atoms with Gasteiger partial charge in [-0.3, -0.25) is 0 Å². The van der Waals surface area contributed by atoms with Gasteiger partial charge in [-0.25, -0.2) is 0 Å². The first-order chi connectivity index (χ1) is 19.9. The highest BCUT2D eigenvalue weighted by Gasteiger charge is 2.42. The van der Waals surface area contributed by atoms with Gasteiger partial charge in [-0.05, 0) is 70.0 Å². The Labute approximate surface area is 241 Å². The summed E-state index contributed by atoms with van der Waals surface area (Å²) in [4.78, 5) is 0. The van der Waals surface area contributed by atoms with Crippen LogP contribution >= 0.6 is 0 Å². The van der Waals surface area contributed by atoms with Crippen molar-refractivity contribution in [3.63, 3.8) is 0 Å². The minimum atomic E-state index is -0.503. The fraction of sp³-hybridized carbons (Fsp3) is 0.184. The average molecular weight is 534 g/mol. The van der Waals surface area contributed by atoms with Gasteiger partial charge in [-0.2, -0.15) is 5.26 Å². The SMILES string of the molecule is COc1ccc(C2(c3ccc(C)cc3)C=Cc3c4c(c5ccccc5c3OC2)-c2ccc(C#N)cc2C4(C)C)cc1. The molecule has 1 unspecified atom stereocenters. The van der Waals surface area contributed by atoms with Crippen LogP contribution in [-0.4, -0.2) is 13.7 Å². The number of hydrogen-bond acceptors (Lipinski definition) is 3. The maximum Gasteiger partial charge on any atom is 0.134 e. The molecule has 7 rings (SSSR count). The van der Waals surface area contributed by atoms with Crippen molar-refractivity contribution in [2.45, 2.75) is 31.6 Å². The second kappa shape index (κ2) is 9.11. The van der Waals surface area contributed by atoms with Crippen molar-refractivity contribution in [3.05, 3.63) is 136 Å². The van der Waals surface area contributed by atoms with Crippen LogP contribution in [0.4, 0.5) is 0 Å². The summed E-state index contributed by atoms with van der Waals surface area (Å²) in [6.45, 7) is 7.11. The molecule has 2 aliphatic rings. The van der Waals surface area contributed by atoms with E-state index >= 15 is 0 Å². The molecule has 3 heteroatoms. The lowest BCUT2D eigenvalue weighted by Crippen LogP contribution is -2.32. The van der Waals surface area contributed by atoms with E-state index in [0.29, 0.717) is 12.2 Å². The van der Waals surface area contributed by atoms with E-state index in [0.717, 1.165) is 28.0 Å². The van der Waals surface area contributed by atoms with Crippen LogP contribution < -0.4 is 9.47 Å². The normalized spacial score (nSPS) is 18.0. The maximum atomic E-state index is 9.69. The molecule has 1 atom stereocenters. The van der Waals surface area contributed by atoms with E-state index in [2.05, 4.69) is 112 Å². The quantitative estimate of drug-likeness (QED) is 0.233. The van der Waals surface area contributed by atoms with Gasteiger partial charge in [0, 0.05) is 16.4 Å². The Hall–Kier alpha value is -4.81. The fourth-order valence-electron chi connectivity index (χ4n) is 6.88. The predicted molar refractivity (Wildman–Crippen MR) is 166 cm³/mol. The minimum absolute atomic E-state index is 0.309. The molecule has 1 aliphatic carbocycles. The molecule has 1 aliphatic heterocycles. The number of rotatable bonds is 3. The summed E-state index contributed by atoms with van der Waals surface area (Å²) >= 11 is 0. The second-order valence-electron chi connectivity index (χ2n) is 11.7. The average Bonchev–Trinajstić information content (AvgIpc) is 3.11. The molecular weight excluding hydrogens is 502 g/mol. The van der Waals surface area contributed by atoms with Gasteiger partial charge in [0.1, 0.15) is 18.1 Å². The molecule has 1 heterocycles. The molecule has 0 saturated carbocycles. The molecule has 0 spiro atoms. The first-order valence-corrected chi connectivity index (χ1v) is 14.1.